The Morgan fingerprint density at radius 2 is 2.05 bits per heavy atom. The van der Waals surface area contributed by atoms with Crippen molar-refractivity contribution in [2.75, 3.05) is 5.32 Å². The van der Waals surface area contributed by atoms with Gasteiger partial charge < -0.3 is 5.32 Å². The number of hydrogen-bond acceptors (Lipinski definition) is 13. The highest BCUT2D eigenvalue weighted by Gasteiger charge is 2.19. The van der Waals surface area contributed by atoms with Crippen molar-refractivity contribution in [2.24, 2.45) is 4.99 Å². The summed E-state index contributed by atoms with van der Waals surface area (Å²) < 4.78 is 2.36. The number of benzene rings is 2. The van der Waals surface area contributed by atoms with Crippen LogP contribution < -0.4 is 5.32 Å². The summed E-state index contributed by atoms with van der Waals surface area (Å²) in [6.45, 7) is 3.66. The summed E-state index contributed by atoms with van der Waals surface area (Å²) in [5.74, 6) is -0.133. The molecule has 5 aromatic rings. The molecule has 0 saturated heterocycles. The number of thiazole rings is 2. The van der Waals surface area contributed by atoms with Crippen LogP contribution >= 0.6 is 57.5 Å². The number of hydrogen-bond donors (Lipinski definition) is 1. The number of carbonyl (C=O) groups is 1. The largest absolute Gasteiger partial charge is 0.301 e. The van der Waals surface area contributed by atoms with Gasteiger partial charge in [0.25, 0.3) is 5.69 Å². The second-order valence-corrected chi connectivity index (χ2v) is 13.6. The number of anilines is 1. The zero-order chi connectivity index (χ0) is 26.6. The number of nitrogens with one attached hydrogen (secondary N) is 1. The first-order chi connectivity index (χ1) is 18.3. The Balaban J connectivity index is 1.28. The van der Waals surface area contributed by atoms with Gasteiger partial charge in [0.05, 0.1) is 31.0 Å². The van der Waals surface area contributed by atoms with E-state index >= 15 is 0 Å². The number of fused-ring (bicyclic) bond motifs is 1. The molecule has 0 aliphatic carbocycles. The average molecular weight is 600 g/mol. The Hall–Kier alpha value is -3.24. The molecule has 10 nitrogen and oxygen atoms in total. The maximum absolute atomic E-state index is 12.4. The molecule has 1 amide bonds. The summed E-state index contributed by atoms with van der Waals surface area (Å²) in [6.07, 6.45) is 3.24. The van der Waals surface area contributed by atoms with Gasteiger partial charge in [-0.15, -0.1) is 32.9 Å². The molecule has 0 aliphatic heterocycles. The minimum atomic E-state index is -0.408. The third-order valence-electron chi connectivity index (χ3n) is 4.91. The van der Waals surface area contributed by atoms with Crippen LogP contribution in [0.5, 0.6) is 0 Å². The summed E-state index contributed by atoms with van der Waals surface area (Å²) in [7, 11) is 0. The molecule has 3 aromatic heterocycles. The smallest absolute Gasteiger partial charge is 0.283 e. The lowest BCUT2D eigenvalue weighted by Gasteiger charge is -2.07. The van der Waals surface area contributed by atoms with Gasteiger partial charge in [0.1, 0.15) is 5.01 Å². The number of aryl methyl sites for hydroxylation is 1. The monoisotopic (exact) mass is 599 g/mol. The van der Waals surface area contributed by atoms with Crippen molar-refractivity contribution in [3.8, 4) is 0 Å². The molecule has 0 saturated carbocycles. The molecule has 0 aliphatic rings. The number of aliphatic imine (C=N–C) groups is 1. The number of carbonyl (C=O) groups excluding carboxylic acids is 1. The number of thioether (sulfide) groups is 1. The van der Waals surface area contributed by atoms with Crippen LogP contribution in [0.2, 0.25) is 0 Å². The quantitative estimate of drug-likeness (QED) is 0.0835. The Kier molecular flexibility index (Phi) is 8.09. The van der Waals surface area contributed by atoms with E-state index in [1.54, 1.807) is 29.9 Å². The van der Waals surface area contributed by atoms with Crippen molar-refractivity contribution in [2.45, 2.75) is 32.7 Å². The number of nitrogens with zero attached hydrogens (tertiary/aromatic N) is 6. The van der Waals surface area contributed by atoms with Gasteiger partial charge in [-0.05, 0) is 43.7 Å². The van der Waals surface area contributed by atoms with Crippen molar-refractivity contribution >= 4 is 96.4 Å². The number of nitro groups is 1. The van der Waals surface area contributed by atoms with Gasteiger partial charge in [-0.3, -0.25) is 19.9 Å². The average Bonchev–Trinajstić information content (AvgIpc) is 3.64. The molecule has 1 unspecified atom stereocenters. The number of amides is 1. The van der Waals surface area contributed by atoms with Crippen LogP contribution in [0.1, 0.15) is 17.5 Å². The Labute approximate surface area is 236 Å². The Morgan fingerprint density at radius 3 is 2.79 bits per heavy atom. The van der Waals surface area contributed by atoms with E-state index in [9.17, 15) is 14.9 Å². The molecule has 0 spiro atoms. The predicted molar refractivity (Wildman–Crippen MR) is 155 cm³/mol. The van der Waals surface area contributed by atoms with Crippen LogP contribution in [0.15, 0.2) is 66.5 Å². The van der Waals surface area contributed by atoms with Gasteiger partial charge in [-0.2, -0.15) is 0 Å². The number of rotatable bonds is 9. The first-order valence-electron chi connectivity index (χ1n) is 10.9. The van der Waals surface area contributed by atoms with Gasteiger partial charge in [-0.25, -0.2) is 9.97 Å². The van der Waals surface area contributed by atoms with Gasteiger partial charge in [-0.1, -0.05) is 40.9 Å². The zero-order valence-electron chi connectivity index (χ0n) is 19.7. The summed E-state index contributed by atoms with van der Waals surface area (Å²) in [6, 6.07) is 10.6. The highest BCUT2D eigenvalue weighted by atomic mass is 32.2. The zero-order valence-corrected chi connectivity index (χ0v) is 23.8. The summed E-state index contributed by atoms with van der Waals surface area (Å²) >= 11 is 6.84. The molecule has 0 fully saturated rings. The normalized spacial score (nSPS) is 12.3. The Bertz CT molecular complexity index is 1650. The van der Waals surface area contributed by atoms with Gasteiger partial charge in [0.15, 0.2) is 13.8 Å². The van der Waals surface area contributed by atoms with Crippen molar-refractivity contribution < 1.29 is 9.72 Å². The van der Waals surface area contributed by atoms with Crippen molar-refractivity contribution in [1.29, 1.82) is 0 Å². The van der Waals surface area contributed by atoms with E-state index in [1.807, 2.05) is 32.0 Å². The summed E-state index contributed by atoms with van der Waals surface area (Å²) in [5.41, 5.74) is 2.10. The van der Waals surface area contributed by atoms with Crippen LogP contribution in [0.4, 0.5) is 16.5 Å². The number of nitro benzene ring substituents is 1. The van der Waals surface area contributed by atoms with E-state index in [-0.39, 0.29) is 16.8 Å². The molecule has 15 heteroatoms. The van der Waals surface area contributed by atoms with Gasteiger partial charge >= 0.3 is 0 Å². The van der Waals surface area contributed by atoms with E-state index < -0.39 is 4.92 Å². The highest BCUT2D eigenvalue weighted by Crippen LogP contribution is 2.37. The van der Waals surface area contributed by atoms with E-state index in [0.29, 0.717) is 25.6 Å². The lowest BCUT2D eigenvalue weighted by Crippen LogP contribution is -2.22. The van der Waals surface area contributed by atoms with Crippen LogP contribution in [0.25, 0.3) is 10.2 Å². The minimum absolute atomic E-state index is 0.0144. The fraction of sp³-hybridized carbons (Fsp3) is 0.130. The number of aromatic nitrogens is 4. The molecular weight excluding hydrogens is 583 g/mol. The fourth-order valence-corrected chi connectivity index (χ4v) is 7.76. The Morgan fingerprint density at radius 1 is 1.18 bits per heavy atom. The van der Waals surface area contributed by atoms with Crippen LogP contribution in [-0.2, 0) is 4.79 Å². The molecule has 5 rings (SSSR count). The molecule has 192 valence electrons. The van der Waals surface area contributed by atoms with E-state index in [4.69, 9.17) is 0 Å². The first kappa shape index (κ1) is 26.4. The molecule has 0 radical (unpaired) electrons. The van der Waals surface area contributed by atoms with E-state index in [1.165, 1.54) is 63.6 Å². The minimum Gasteiger partial charge on any atom is -0.301 e. The molecule has 3 heterocycles. The molecule has 1 N–H and O–H groups in total. The van der Waals surface area contributed by atoms with Crippen LogP contribution in [-0.4, -0.2) is 42.5 Å². The van der Waals surface area contributed by atoms with Crippen molar-refractivity contribution in [3.05, 3.63) is 68.7 Å². The maximum atomic E-state index is 12.4. The first-order valence-corrected chi connectivity index (χ1v) is 15.1. The van der Waals surface area contributed by atoms with Crippen LogP contribution in [0, 0.1) is 17.0 Å². The second kappa shape index (κ2) is 11.7. The van der Waals surface area contributed by atoms with Crippen molar-refractivity contribution in [1.82, 2.24) is 20.2 Å². The summed E-state index contributed by atoms with van der Waals surface area (Å²) in [5, 5.41) is 25.3. The fourth-order valence-electron chi connectivity index (χ4n) is 3.13. The topological polar surface area (TPSA) is 136 Å². The van der Waals surface area contributed by atoms with Gasteiger partial charge in [0.2, 0.25) is 5.91 Å². The lowest BCUT2D eigenvalue weighted by molar-refractivity contribution is -0.387. The maximum Gasteiger partial charge on any atom is 0.283 e. The molecule has 38 heavy (non-hydrogen) atoms. The van der Waals surface area contributed by atoms with Crippen LogP contribution in [0.3, 0.4) is 0 Å². The third kappa shape index (κ3) is 6.42. The summed E-state index contributed by atoms with van der Waals surface area (Å²) in [4.78, 5) is 37.4. The molecule has 0 bridgehead atoms. The SMILES string of the molecule is Cc1nnc(Sc2ccc(C=Nc3ccc4nc(SC(C)C(=O)Nc5nccs5)sc4c3)cc2[N+](=O)[O-])s1. The van der Waals surface area contributed by atoms with Gasteiger partial charge in [0, 0.05) is 23.9 Å². The molecule has 1 atom stereocenters. The van der Waals surface area contributed by atoms with Crippen molar-refractivity contribution in [3.63, 3.8) is 0 Å². The lowest BCUT2D eigenvalue weighted by atomic mass is 10.2. The highest BCUT2D eigenvalue weighted by molar-refractivity contribution is 8.02. The molecule has 2 aromatic carbocycles. The second-order valence-electron chi connectivity index (χ2n) is 7.65. The standard InChI is InChI=1S/C23H17N7O3S5/c1-12(20(31)27-21-24-7-8-34-21)35-22-26-16-5-4-15(10-19(16)38-22)25-11-14-3-6-18(17(9-14)30(32)33)37-23-29-28-13(2)36-23/h3-12H,1-2H3,(H,24,27,31). The molecular formula is C23H17N7O3S5. The predicted octanol–water partition coefficient (Wildman–Crippen LogP) is 6.84. The van der Waals surface area contributed by atoms with E-state index in [2.05, 4.69) is 30.5 Å². The third-order valence-corrected chi connectivity index (χ3v) is 9.76. The van der Waals surface area contributed by atoms with E-state index in [0.717, 1.165) is 19.6 Å².